The Labute approximate surface area is 219 Å². The van der Waals surface area contributed by atoms with E-state index in [0.29, 0.717) is 41.4 Å². The van der Waals surface area contributed by atoms with Crippen LogP contribution in [0.5, 0.6) is 0 Å². The minimum absolute atomic E-state index is 0.0155. The molecule has 4 unspecified atom stereocenters. The molecule has 3 aliphatic rings. The molecular formula is C23H37IN4O5S. The van der Waals surface area contributed by atoms with Crippen LogP contribution in [0.15, 0.2) is 0 Å². The van der Waals surface area contributed by atoms with Crippen molar-refractivity contribution in [2.75, 3.05) is 12.3 Å². The zero-order valence-corrected chi connectivity index (χ0v) is 22.5. The molecule has 0 radical (unpaired) electrons. The van der Waals surface area contributed by atoms with E-state index in [0.717, 1.165) is 50.7 Å². The van der Waals surface area contributed by atoms with E-state index in [1.54, 1.807) is 0 Å². The molecule has 192 valence electrons. The minimum Gasteiger partial charge on any atom is -0.480 e. The summed E-state index contributed by atoms with van der Waals surface area (Å²) in [5, 5.41) is 21.4. The van der Waals surface area contributed by atoms with Gasteiger partial charge in [-0.3, -0.25) is 9.59 Å². The molecule has 2 heterocycles. The highest BCUT2D eigenvalue weighted by Gasteiger charge is 2.42. The van der Waals surface area contributed by atoms with Gasteiger partial charge < -0.3 is 26.4 Å². The van der Waals surface area contributed by atoms with Gasteiger partial charge >= 0.3 is 12.0 Å². The standard InChI is InChI=1S/C23H37IN4O5S/c24-15-10-8-14(9-11-15)21(30)26-16(22(31)32)5-3-4-12-25-19(29)7-2-1-6-18-20-17(13-34-18)27-23(33)28-20/h14-18,20H,1-13H2,(H,25,29)(H,26,30)(H,31,32)(H2,27,28,33). The summed E-state index contributed by atoms with van der Waals surface area (Å²) in [4.78, 5) is 47.5. The third-order valence-electron chi connectivity index (χ3n) is 6.96. The monoisotopic (exact) mass is 608 g/mol. The van der Waals surface area contributed by atoms with Crippen LogP contribution in [0.1, 0.15) is 70.6 Å². The van der Waals surface area contributed by atoms with E-state index in [4.69, 9.17) is 0 Å². The zero-order valence-electron chi connectivity index (χ0n) is 19.5. The van der Waals surface area contributed by atoms with E-state index in [9.17, 15) is 24.3 Å². The van der Waals surface area contributed by atoms with Gasteiger partial charge in [0.25, 0.3) is 0 Å². The molecule has 2 saturated heterocycles. The van der Waals surface area contributed by atoms with Crippen LogP contribution < -0.4 is 21.3 Å². The average molecular weight is 609 g/mol. The fraction of sp³-hybridized carbons (Fsp3) is 0.826. The molecule has 0 bridgehead atoms. The molecule has 9 nitrogen and oxygen atoms in total. The molecule has 4 amide bonds. The number of alkyl halides is 1. The number of fused-ring (bicyclic) bond motifs is 1. The van der Waals surface area contributed by atoms with Gasteiger partial charge in [0.1, 0.15) is 6.04 Å². The summed E-state index contributed by atoms with van der Waals surface area (Å²) < 4.78 is 0.611. The molecule has 34 heavy (non-hydrogen) atoms. The molecule has 5 N–H and O–H groups in total. The summed E-state index contributed by atoms with van der Waals surface area (Å²) in [6, 6.07) is -0.504. The van der Waals surface area contributed by atoms with Gasteiger partial charge in [0, 0.05) is 33.8 Å². The van der Waals surface area contributed by atoms with Crippen LogP contribution in [0, 0.1) is 5.92 Å². The topological polar surface area (TPSA) is 137 Å². The molecule has 3 rings (SSSR count). The molecule has 0 aromatic heterocycles. The van der Waals surface area contributed by atoms with Gasteiger partial charge in [-0.2, -0.15) is 11.8 Å². The normalized spacial score (nSPS) is 29.0. The van der Waals surface area contributed by atoms with Crippen LogP contribution in [-0.4, -0.2) is 68.5 Å². The first-order valence-electron chi connectivity index (χ1n) is 12.5. The third kappa shape index (κ3) is 8.46. The second-order valence-corrected chi connectivity index (χ2v) is 12.6. The molecule has 1 saturated carbocycles. The lowest BCUT2D eigenvalue weighted by atomic mass is 9.88. The lowest BCUT2D eigenvalue weighted by Crippen LogP contribution is -2.44. The maximum atomic E-state index is 12.4. The van der Waals surface area contributed by atoms with Crippen LogP contribution in [-0.2, 0) is 14.4 Å². The number of halogens is 1. The van der Waals surface area contributed by atoms with E-state index in [-0.39, 0.29) is 35.8 Å². The summed E-state index contributed by atoms with van der Waals surface area (Å²) in [7, 11) is 0. The second kappa shape index (κ2) is 13.7. The van der Waals surface area contributed by atoms with Crippen molar-refractivity contribution in [3.63, 3.8) is 0 Å². The number of hydrogen-bond donors (Lipinski definition) is 5. The SMILES string of the molecule is O=C(CCCCC1SCC2NC(=O)NC21)NCCCCC(NC(=O)C1CCC(I)CC1)C(=O)O. The highest BCUT2D eigenvalue weighted by molar-refractivity contribution is 14.1. The first-order chi connectivity index (χ1) is 16.3. The van der Waals surface area contributed by atoms with Gasteiger partial charge in [-0.15, -0.1) is 0 Å². The fourth-order valence-corrected chi connectivity index (χ4v) is 7.19. The molecule has 4 atom stereocenters. The summed E-state index contributed by atoms with van der Waals surface area (Å²) in [5.41, 5.74) is 0. The number of carbonyl (C=O) groups is 4. The molecule has 1 aliphatic carbocycles. The third-order valence-corrected chi connectivity index (χ3v) is 9.72. The van der Waals surface area contributed by atoms with Crippen molar-refractivity contribution in [2.45, 2.75) is 97.9 Å². The Balaban J connectivity index is 1.21. The van der Waals surface area contributed by atoms with Gasteiger partial charge in [0.15, 0.2) is 0 Å². The van der Waals surface area contributed by atoms with E-state index in [1.165, 1.54) is 0 Å². The number of carboxylic acids is 1. The Kier molecular flexibility index (Phi) is 11.1. The number of urea groups is 1. The maximum Gasteiger partial charge on any atom is 0.326 e. The molecule has 2 aliphatic heterocycles. The molecule has 0 aromatic carbocycles. The van der Waals surface area contributed by atoms with E-state index < -0.39 is 12.0 Å². The molecule has 0 aromatic rings. The van der Waals surface area contributed by atoms with E-state index in [2.05, 4.69) is 43.9 Å². The van der Waals surface area contributed by atoms with Gasteiger partial charge in [-0.1, -0.05) is 29.0 Å². The summed E-state index contributed by atoms with van der Waals surface area (Å²) in [6.45, 7) is 0.513. The second-order valence-electron chi connectivity index (χ2n) is 9.56. The van der Waals surface area contributed by atoms with Gasteiger partial charge in [-0.05, 0) is 57.8 Å². The number of hydrogen-bond acceptors (Lipinski definition) is 5. The number of rotatable bonds is 13. The molecule has 11 heteroatoms. The smallest absolute Gasteiger partial charge is 0.326 e. The predicted molar refractivity (Wildman–Crippen MR) is 140 cm³/mol. The van der Waals surface area contributed by atoms with Crippen molar-refractivity contribution >= 4 is 58.2 Å². The lowest BCUT2D eigenvalue weighted by Gasteiger charge is -2.25. The summed E-state index contributed by atoms with van der Waals surface area (Å²) in [5.74, 6) is -0.251. The van der Waals surface area contributed by atoms with Crippen LogP contribution in [0.4, 0.5) is 4.79 Å². The zero-order chi connectivity index (χ0) is 24.5. The number of unbranched alkanes of at least 4 members (excludes halogenated alkanes) is 2. The van der Waals surface area contributed by atoms with Crippen molar-refractivity contribution in [3.05, 3.63) is 0 Å². The maximum absolute atomic E-state index is 12.4. The Bertz CT molecular complexity index is 734. The van der Waals surface area contributed by atoms with Gasteiger partial charge in [-0.25, -0.2) is 9.59 Å². The van der Waals surface area contributed by atoms with Crippen LogP contribution >= 0.6 is 34.4 Å². The van der Waals surface area contributed by atoms with Crippen LogP contribution in [0.3, 0.4) is 0 Å². The molecular weight excluding hydrogens is 571 g/mol. The van der Waals surface area contributed by atoms with Crippen molar-refractivity contribution in [3.8, 4) is 0 Å². The van der Waals surface area contributed by atoms with Crippen LogP contribution in [0.2, 0.25) is 0 Å². The first-order valence-corrected chi connectivity index (χ1v) is 14.8. The average Bonchev–Trinajstić information content (AvgIpc) is 3.35. The Morgan fingerprint density at radius 1 is 1.09 bits per heavy atom. The van der Waals surface area contributed by atoms with Crippen molar-refractivity contribution < 1.29 is 24.3 Å². The van der Waals surface area contributed by atoms with Gasteiger partial charge in [0.05, 0.1) is 12.1 Å². The highest BCUT2D eigenvalue weighted by atomic mass is 127. The largest absolute Gasteiger partial charge is 0.480 e. The number of amides is 4. The van der Waals surface area contributed by atoms with Crippen molar-refractivity contribution in [2.24, 2.45) is 5.92 Å². The number of aliphatic carboxylic acids is 1. The molecule has 3 fully saturated rings. The van der Waals surface area contributed by atoms with Crippen LogP contribution in [0.25, 0.3) is 0 Å². The summed E-state index contributed by atoms with van der Waals surface area (Å²) in [6.07, 6.45) is 8.56. The van der Waals surface area contributed by atoms with E-state index in [1.807, 2.05) is 11.8 Å². The van der Waals surface area contributed by atoms with Crippen molar-refractivity contribution in [1.29, 1.82) is 0 Å². The Hall–Kier alpha value is -1.24. The number of nitrogens with one attached hydrogen (secondary N) is 4. The number of thioether (sulfide) groups is 1. The van der Waals surface area contributed by atoms with Gasteiger partial charge in [0.2, 0.25) is 11.8 Å². The lowest BCUT2D eigenvalue weighted by molar-refractivity contribution is -0.142. The van der Waals surface area contributed by atoms with E-state index >= 15 is 0 Å². The minimum atomic E-state index is -1.00. The Morgan fingerprint density at radius 2 is 1.85 bits per heavy atom. The molecule has 0 spiro atoms. The fourth-order valence-electron chi connectivity index (χ4n) is 4.93. The Morgan fingerprint density at radius 3 is 2.59 bits per heavy atom. The highest BCUT2D eigenvalue weighted by Crippen LogP contribution is 2.33. The summed E-state index contributed by atoms with van der Waals surface area (Å²) >= 11 is 4.29. The van der Waals surface area contributed by atoms with Crippen molar-refractivity contribution in [1.82, 2.24) is 21.3 Å². The quantitative estimate of drug-likeness (QED) is 0.0944. The first kappa shape index (κ1) is 27.3. The number of carbonyl (C=O) groups excluding carboxylic acids is 3. The predicted octanol–water partition coefficient (Wildman–Crippen LogP) is 2.56. The number of carboxylic acid groups (broad SMARTS) is 1.